The van der Waals surface area contributed by atoms with Gasteiger partial charge in [0.2, 0.25) is 0 Å². The van der Waals surface area contributed by atoms with Crippen LogP contribution < -0.4 is 0 Å². The van der Waals surface area contributed by atoms with E-state index in [-0.39, 0.29) is 0 Å². The zero-order valence-electron chi connectivity index (χ0n) is 6.94. The van der Waals surface area contributed by atoms with E-state index in [2.05, 4.69) is 27.6 Å². The van der Waals surface area contributed by atoms with E-state index < -0.39 is 0 Å². The molecule has 0 aliphatic carbocycles. The van der Waals surface area contributed by atoms with E-state index >= 15 is 0 Å². The van der Waals surface area contributed by atoms with Crippen LogP contribution in [0.3, 0.4) is 0 Å². The molecule has 0 fully saturated rings. The summed E-state index contributed by atoms with van der Waals surface area (Å²) in [6, 6.07) is 9.81. The van der Waals surface area contributed by atoms with E-state index in [9.17, 15) is 0 Å². The van der Waals surface area contributed by atoms with Gasteiger partial charge in [-0.25, -0.2) is 4.99 Å². The van der Waals surface area contributed by atoms with Gasteiger partial charge in [-0.15, -0.1) is 0 Å². The Morgan fingerprint density at radius 3 is 2.54 bits per heavy atom. The lowest BCUT2D eigenvalue weighted by Gasteiger charge is -1.97. The Kier molecular flexibility index (Phi) is 4.39. The smallest absolute Gasteiger partial charge is 0.107 e. The summed E-state index contributed by atoms with van der Waals surface area (Å²) >= 11 is 2.13. The van der Waals surface area contributed by atoms with Crippen molar-refractivity contribution in [1.82, 2.24) is 0 Å². The molecule has 1 aromatic carbocycles. The van der Waals surface area contributed by atoms with Crippen LogP contribution in [0.4, 0.5) is 0 Å². The Morgan fingerprint density at radius 2 is 2.00 bits per heavy atom. The van der Waals surface area contributed by atoms with Gasteiger partial charge in [0.25, 0.3) is 0 Å². The van der Waals surface area contributed by atoms with Crippen LogP contribution in [0.15, 0.2) is 45.5 Å². The number of rotatable bonds is 3. The average Bonchev–Trinajstić information content (AvgIpc) is 2.19. The van der Waals surface area contributed by atoms with Crippen LogP contribution in [0.2, 0.25) is 0 Å². The summed E-state index contributed by atoms with van der Waals surface area (Å²) in [5, 5.41) is 6.91. The van der Waals surface area contributed by atoms with Gasteiger partial charge in [-0.2, -0.15) is 0 Å². The number of hydrogen-bond acceptors (Lipinski definition) is 1. The van der Waals surface area contributed by atoms with Crippen LogP contribution in [-0.4, -0.2) is 12.1 Å². The molecule has 0 saturated heterocycles. The Labute approximate surface area is 91.0 Å². The molecular formula is C10H9IN2. The van der Waals surface area contributed by atoms with E-state index in [0.29, 0.717) is 0 Å². The monoisotopic (exact) mass is 284 g/mol. The minimum absolute atomic E-state index is 0.810. The number of halogens is 1. The second-order valence-electron chi connectivity index (χ2n) is 2.30. The van der Waals surface area contributed by atoms with Crippen molar-refractivity contribution in [2.75, 3.05) is 0 Å². The first-order valence-electron chi connectivity index (χ1n) is 3.77. The first-order chi connectivity index (χ1) is 6.38. The molecule has 0 spiro atoms. The Morgan fingerprint density at radius 1 is 1.31 bits per heavy atom. The van der Waals surface area contributed by atoms with Crippen LogP contribution in [0.1, 0.15) is 5.56 Å². The summed E-state index contributed by atoms with van der Waals surface area (Å²) in [5.41, 5.74) is 1.84. The molecule has 66 valence electrons. The molecule has 0 radical (unpaired) electrons. The third-order valence-corrected chi connectivity index (χ3v) is 1.85. The van der Waals surface area contributed by atoms with Gasteiger partial charge in [-0.3, -0.25) is 5.41 Å². The Balaban J connectivity index is 3.03. The highest BCUT2D eigenvalue weighted by Crippen LogP contribution is 2.03. The highest BCUT2D eigenvalue weighted by Gasteiger charge is 1.95. The molecule has 0 aliphatic heterocycles. The number of aliphatic imine (C=N–C) groups is 1. The largest absolute Gasteiger partial charge is 0.290 e. The molecule has 0 atom stereocenters. The molecule has 3 heteroatoms. The van der Waals surface area contributed by atoms with Crippen LogP contribution in [-0.2, 0) is 0 Å². The van der Waals surface area contributed by atoms with E-state index in [1.54, 1.807) is 0 Å². The van der Waals surface area contributed by atoms with E-state index in [4.69, 9.17) is 5.41 Å². The molecule has 0 bridgehead atoms. The lowest BCUT2D eigenvalue weighted by Crippen LogP contribution is -1.95. The highest BCUT2D eigenvalue weighted by atomic mass is 127. The Hall–Kier alpha value is -0.970. The summed E-state index contributed by atoms with van der Waals surface area (Å²) < 4.78 is 1.88. The molecular weight excluding hydrogens is 275 g/mol. The van der Waals surface area contributed by atoms with E-state index in [1.165, 1.54) is 0 Å². The maximum Gasteiger partial charge on any atom is 0.107 e. The molecule has 13 heavy (non-hydrogen) atoms. The second-order valence-corrected chi connectivity index (χ2v) is 3.02. The third kappa shape index (κ3) is 3.10. The number of nitrogens with one attached hydrogen (secondary N) is 1. The minimum atomic E-state index is 0.810. The molecule has 2 nitrogen and oxygen atoms in total. The number of hydrogen-bond donors (Lipinski definition) is 1. The highest BCUT2D eigenvalue weighted by molar-refractivity contribution is 14.1. The maximum atomic E-state index is 6.91. The standard InChI is InChI=1S/C10H9IN2/c11-7-6-10(13-8-12)9-4-2-1-3-5-9/h1-8,12H/b7-6-,12-8?,13-10?. The van der Waals surface area contributed by atoms with Crippen molar-refractivity contribution < 1.29 is 0 Å². The lowest BCUT2D eigenvalue weighted by molar-refractivity contribution is 1.51. The minimum Gasteiger partial charge on any atom is -0.290 e. The normalized spacial score (nSPS) is 11.9. The molecule has 0 amide bonds. The summed E-state index contributed by atoms with van der Waals surface area (Å²) in [6.45, 7) is 0. The summed E-state index contributed by atoms with van der Waals surface area (Å²) in [6.07, 6.45) is 2.93. The van der Waals surface area contributed by atoms with Crippen molar-refractivity contribution in [3.05, 3.63) is 46.1 Å². The molecule has 0 aromatic heterocycles. The summed E-state index contributed by atoms with van der Waals surface area (Å²) in [4.78, 5) is 3.95. The average molecular weight is 284 g/mol. The molecule has 1 N–H and O–H groups in total. The van der Waals surface area contributed by atoms with Gasteiger partial charge in [0.05, 0.1) is 5.71 Å². The van der Waals surface area contributed by atoms with Gasteiger partial charge in [0.15, 0.2) is 0 Å². The number of benzene rings is 1. The van der Waals surface area contributed by atoms with Gasteiger partial charge in [-0.1, -0.05) is 52.9 Å². The summed E-state index contributed by atoms with van der Waals surface area (Å²) in [7, 11) is 0. The van der Waals surface area contributed by atoms with Crippen molar-refractivity contribution in [1.29, 1.82) is 5.41 Å². The van der Waals surface area contributed by atoms with Crippen LogP contribution >= 0.6 is 22.6 Å². The van der Waals surface area contributed by atoms with Gasteiger partial charge >= 0.3 is 0 Å². The van der Waals surface area contributed by atoms with Crippen molar-refractivity contribution >= 4 is 34.6 Å². The Bertz CT molecular complexity index is 328. The van der Waals surface area contributed by atoms with E-state index in [0.717, 1.165) is 17.6 Å². The fraction of sp³-hybridized carbons (Fsp3) is 0. The van der Waals surface area contributed by atoms with Crippen molar-refractivity contribution in [2.45, 2.75) is 0 Å². The van der Waals surface area contributed by atoms with Crippen LogP contribution in [0.25, 0.3) is 0 Å². The topological polar surface area (TPSA) is 36.2 Å². The molecule has 0 unspecified atom stereocenters. The molecule has 0 aliphatic rings. The van der Waals surface area contributed by atoms with Gasteiger partial charge < -0.3 is 0 Å². The third-order valence-electron chi connectivity index (χ3n) is 1.49. The first kappa shape index (κ1) is 10.1. The molecule has 0 heterocycles. The van der Waals surface area contributed by atoms with E-state index in [1.807, 2.05) is 40.5 Å². The maximum absolute atomic E-state index is 6.91. The number of allylic oxidation sites excluding steroid dienone is 1. The van der Waals surface area contributed by atoms with Crippen LogP contribution in [0, 0.1) is 5.41 Å². The molecule has 1 rings (SSSR count). The van der Waals surface area contributed by atoms with Gasteiger partial charge in [0, 0.05) is 5.56 Å². The van der Waals surface area contributed by atoms with Crippen molar-refractivity contribution in [3.63, 3.8) is 0 Å². The fourth-order valence-electron chi connectivity index (χ4n) is 0.952. The SMILES string of the molecule is N=CN=C(/C=C\I)c1ccccc1. The molecule has 0 saturated carbocycles. The van der Waals surface area contributed by atoms with Crippen molar-refractivity contribution in [3.8, 4) is 0 Å². The predicted molar refractivity (Wildman–Crippen MR) is 64.9 cm³/mol. The zero-order valence-corrected chi connectivity index (χ0v) is 9.10. The molecule has 1 aromatic rings. The quantitative estimate of drug-likeness (QED) is 0.503. The first-order valence-corrected chi connectivity index (χ1v) is 5.02. The fourth-order valence-corrected chi connectivity index (χ4v) is 1.29. The second kappa shape index (κ2) is 5.64. The predicted octanol–water partition coefficient (Wildman–Crippen LogP) is 3.03. The van der Waals surface area contributed by atoms with Gasteiger partial charge in [-0.05, 0) is 10.2 Å². The van der Waals surface area contributed by atoms with Crippen molar-refractivity contribution in [2.24, 2.45) is 4.99 Å². The lowest BCUT2D eigenvalue weighted by atomic mass is 10.1. The number of nitrogens with zero attached hydrogens (tertiary/aromatic N) is 1. The zero-order chi connectivity index (χ0) is 9.52. The van der Waals surface area contributed by atoms with Gasteiger partial charge in [0.1, 0.15) is 6.34 Å². The van der Waals surface area contributed by atoms with Crippen LogP contribution in [0.5, 0.6) is 0 Å². The summed E-state index contributed by atoms with van der Waals surface area (Å²) in [5.74, 6) is 0.